The number of hydrogen-bond donors (Lipinski definition) is 0. The summed E-state index contributed by atoms with van der Waals surface area (Å²) in [6, 6.07) is 15.4. The quantitative estimate of drug-likeness (QED) is 0.576. The molecule has 0 saturated heterocycles. The van der Waals surface area contributed by atoms with Crippen LogP contribution in [0.25, 0.3) is 21.2 Å². The van der Waals surface area contributed by atoms with Gasteiger partial charge in [-0.1, -0.05) is 37.6 Å². The predicted octanol–water partition coefficient (Wildman–Crippen LogP) is 5.66. The van der Waals surface area contributed by atoms with E-state index in [1.807, 2.05) is 23.5 Å². The van der Waals surface area contributed by atoms with Gasteiger partial charge < -0.3 is 0 Å². The molecule has 19 heavy (non-hydrogen) atoms. The molecule has 0 unspecified atom stereocenters. The first-order valence-corrected chi connectivity index (χ1v) is 7.36. The first kappa shape index (κ1) is 12.4. The standard InChI is InChI=1S/C17H15FS/c1-2-3-16-10-14-5-4-13(11-17(14)19-16)12-6-8-15(18)9-7-12/h4-11H,2-3H2,1H3. The van der Waals surface area contributed by atoms with Crippen LogP contribution in [0.1, 0.15) is 18.2 Å². The van der Waals surface area contributed by atoms with Gasteiger partial charge in [0.2, 0.25) is 0 Å². The van der Waals surface area contributed by atoms with E-state index < -0.39 is 0 Å². The zero-order valence-corrected chi connectivity index (χ0v) is 11.6. The fourth-order valence-electron chi connectivity index (χ4n) is 2.28. The van der Waals surface area contributed by atoms with Crippen molar-refractivity contribution in [3.63, 3.8) is 0 Å². The maximum Gasteiger partial charge on any atom is 0.123 e. The summed E-state index contributed by atoms with van der Waals surface area (Å²) in [4.78, 5) is 1.44. The van der Waals surface area contributed by atoms with Gasteiger partial charge in [-0.25, -0.2) is 4.39 Å². The smallest absolute Gasteiger partial charge is 0.123 e. The molecule has 0 fully saturated rings. The number of rotatable bonds is 3. The first-order chi connectivity index (χ1) is 9.26. The van der Waals surface area contributed by atoms with E-state index in [9.17, 15) is 4.39 Å². The van der Waals surface area contributed by atoms with E-state index in [-0.39, 0.29) is 5.82 Å². The third-order valence-corrected chi connectivity index (χ3v) is 4.40. The van der Waals surface area contributed by atoms with E-state index in [0.717, 1.165) is 17.5 Å². The molecule has 2 heteroatoms. The fraction of sp³-hybridized carbons (Fsp3) is 0.176. The van der Waals surface area contributed by atoms with Gasteiger partial charge in [-0.2, -0.15) is 0 Å². The normalized spacial score (nSPS) is 11.1. The Labute approximate surface area is 116 Å². The largest absolute Gasteiger partial charge is 0.207 e. The van der Waals surface area contributed by atoms with Crippen LogP contribution in [0.15, 0.2) is 48.5 Å². The van der Waals surface area contributed by atoms with Crippen molar-refractivity contribution < 1.29 is 4.39 Å². The van der Waals surface area contributed by atoms with Crippen LogP contribution in [0.4, 0.5) is 4.39 Å². The lowest BCUT2D eigenvalue weighted by Crippen LogP contribution is -1.78. The Kier molecular flexibility index (Phi) is 3.34. The Balaban J connectivity index is 2.03. The molecule has 1 aromatic heterocycles. The van der Waals surface area contributed by atoms with Crippen molar-refractivity contribution in [1.29, 1.82) is 0 Å². The molecule has 1 heterocycles. The van der Waals surface area contributed by atoms with Gasteiger partial charge in [-0.15, -0.1) is 11.3 Å². The van der Waals surface area contributed by atoms with Crippen LogP contribution >= 0.6 is 11.3 Å². The SMILES string of the molecule is CCCc1cc2ccc(-c3ccc(F)cc3)cc2s1. The summed E-state index contributed by atoms with van der Waals surface area (Å²) >= 11 is 1.86. The van der Waals surface area contributed by atoms with Gasteiger partial charge in [0, 0.05) is 9.58 Å². The molecule has 2 aromatic carbocycles. The molecule has 3 aromatic rings. The molecule has 0 nitrogen and oxygen atoms in total. The fourth-order valence-corrected chi connectivity index (χ4v) is 3.48. The van der Waals surface area contributed by atoms with Crippen molar-refractivity contribution in [2.75, 3.05) is 0 Å². The number of hydrogen-bond acceptors (Lipinski definition) is 1. The lowest BCUT2D eigenvalue weighted by Gasteiger charge is -2.01. The summed E-state index contributed by atoms with van der Waals surface area (Å²) in [7, 11) is 0. The Morgan fingerprint density at radius 2 is 1.68 bits per heavy atom. The van der Waals surface area contributed by atoms with E-state index in [2.05, 4.69) is 31.2 Å². The van der Waals surface area contributed by atoms with Crippen molar-refractivity contribution in [3.05, 3.63) is 59.2 Å². The third kappa shape index (κ3) is 2.54. The first-order valence-electron chi connectivity index (χ1n) is 6.54. The lowest BCUT2D eigenvalue weighted by molar-refractivity contribution is 0.628. The van der Waals surface area contributed by atoms with Crippen molar-refractivity contribution in [2.45, 2.75) is 19.8 Å². The zero-order chi connectivity index (χ0) is 13.2. The zero-order valence-electron chi connectivity index (χ0n) is 10.8. The van der Waals surface area contributed by atoms with Crippen molar-refractivity contribution in [2.24, 2.45) is 0 Å². The minimum atomic E-state index is -0.189. The van der Waals surface area contributed by atoms with Crippen LogP contribution < -0.4 is 0 Å². The van der Waals surface area contributed by atoms with Gasteiger partial charge in [-0.3, -0.25) is 0 Å². The molecule has 0 radical (unpaired) electrons. The Bertz CT molecular complexity index is 695. The van der Waals surface area contributed by atoms with Crippen LogP contribution in [0.3, 0.4) is 0 Å². The highest BCUT2D eigenvalue weighted by atomic mass is 32.1. The summed E-state index contributed by atoms with van der Waals surface area (Å²) in [5.41, 5.74) is 2.21. The van der Waals surface area contributed by atoms with Crippen molar-refractivity contribution in [1.82, 2.24) is 0 Å². The van der Waals surface area contributed by atoms with E-state index in [1.54, 1.807) is 0 Å². The molecule has 0 atom stereocenters. The molecule has 0 saturated carbocycles. The number of aryl methyl sites for hydroxylation is 1. The second kappa shape index (κ2) is 5.14. The molecule has 0 spiro atoms. The van der Waals surface area contributed by atoms with Gasteiger partial charge in [0.15, 0.2) is 0 Å². The average molecular weight is 270 g/mol. The minimum absolute atomic E-state index is 0.189. The summed E-state index contributed by atoms with van der Waals surface area (Å²) in [5, 5.41) is 1.30. The van der Waals surface area contributed by atoms with Gasteiger partial charge in [-0.05, 0) is 47.2 Å². The van der Waals surface area contributed by atoms with Gasteiger partial charge >= 0.3 is 0 Å². The van der Waals surface area contributed by atoms with Crippen molar-refractivity contribution >= 4 is 21.4 Å². The van der Waals surface area contributed by atoms with Crippen LogP contribution in [0.2, 0.25) is 0 Å². The van der Waals surface area contributed by atoms with E-state index in [1.165, 1.54) is 33.5 Å². The highest BCUT2D eigenvalue weighted by molar-refractivity contribution is 7.19. The Morgan fingerprint density at radius 3 is 2.42 bits per heavy atom. The molecule has 0 bridgehead atoms. The number of halogens is 1. The Morgan fingerprint density at radius 1 is 0.947 bits per heavy atom. The summed E-state index contributed by atoms with van der Waals surface area (Å²) < 4.78 is 14.3. The number of benzene rings is 2. The topological polar surface area (TPSA) is 0 Å². The van der Waals surface area contributed by atoms with E-state index in [4.69, 9.17) is 0 Å². The van der Waals surface area contributed by atoms with Crippen LogP contribution in [0.5, 0.6) is 0 Å². The van der Waals surface area contributed by atoms with Crippen LogP contribution in [0, 0.1) is 5.82 Å². The highest BCUT2D eigenvalue weighted by Gasteiger charge is 2.04. The third-order valence-electron chi connectivity index (χ3n) is 3.25. The van der Waals surface area contributed by atoms with Gasteiger partial charge in [0.25, 0.3) is 0 Å². The maximum absolute atomic E-state index is 12.9. The molecule has 0 aliphatic heterocycles. The second-order valence-electron chi connectivity index (χ2n) is 4.72. The monoisotopic (exact) mass is 270 g/mol. The average Bonchev–Trinajstić information content (AvgIpc) is 2.81. The number of thiophene rings is 1. The molecule has 0 N–H and O–H groups in total. The Hall–Kier alpha value is -1.67. The maximum atomic E-state index is 12.9. The molecule has 0 aliphatic carbocycles. The number of fused-ring (bicyclic) bond motifs is 1. The van der Waals surface area contributed by atoms with Crippen LogP contribution in [-0.2, 0) is 6.42 Å². The highest BCUT2D eigenvalue weighted by Crippen LogP contribution is 2.31. The molecule has 0 amide bonds. The van der Waals surface area contributed by atoms with Crippen molar-refractivity contribution in [3.8, 4) is 11.1 Å². The van der Waals surface area contributed by atoms with E-state index >= 15 is 0 Å². The lowest BCUT2D eigenvalue weighted by atomic mass is 10.0. The van der Waals surface area contributed by atoms with Gasteiger partial charge in [0.1, 0.15) is 5.82 Å². The van der Waals surface area contributed by atoms with E-state index in [0.29, 0.717) is 0 Å². The summed E-state index contributed by atoms with van der Waals surface area (Å²) in [6.45, 7) is 2.20. The second-order valence-corrected chi connectivity index (χ2v) is 5.89. The molecular weight excluding hydrogens is 255 g/mol. The molecular formula is C17H15FS. The summed E-state index contributed by atoms with van der Waals surface area (Å²) in [5.74, 6) is -0.189. The summed E-state index contributed by atoms with van der Waals surface area (Å²) in [6.07, 6.45) is 2.32. The minimum Gasteiger partial charge on any atom is -0.207 e. The molecule has 3 rings (SSSR count). The molecule has 96 valence electrons. The molecule has 0 aliphatic rings. The predicted molar refractivity (Wildman–Crippen MR) is 81.2 cm³/mol. The van der Waals surface area contributed by atoms with Crippen LogP contribution in [-0.4, -0.2) is 0 Å². The van der Waals surface area contributed by atoms with Gasteiger partial charge in [0.05, 0.1) is 0 Å².